The van der Waals surface area contributed by atoms with Crippen LogP contribution in [0.1, 0.15) is 38.7 Å². The number of piperidine rings is 1. The van der Waals surface area contributed by atoms with Gasteiger partial charge in [-0.25, -0.2) is 4.79 Å². The van der Waals surface area contributed by atoms with Crippen molar-refractivity contribution in [1.82, 2.24) is 15.5 Å². The largest absolute Gasteiger partial charge is 0.475 e. The van der Waals surface area contributed by atoms with Gasteiger partial charge in [-0.05, 0) is 37.2 Å². The van der Waals surface area contributed by atoms with Crippen LogP contribution in [0.3, 0.4) is 0 Å². The first-order chi connectivity index (χ1) is 14.8. The minimum absolute atomic E-state index is 0.0807. The zero-order valence-electron chi connectivity index (χ0n) is 18.1. The van der Waals surface area contributed by atoms with E-state index >= 15 is 0 Å². The van der Waals surface area contributed by atoms with Crippen molar-refractivity contribution >= 4 is 19.1 Å². The second kappa shape index (κ2) is 12.1. The number of carbonyl (C=O) groups is 2. The number of nitrogens with zero attached hydrogens (tertiary/aromatic N) is 2. The van der Waals surface area contributed by atoms with E-state index in [4.69, 9.17) is 0 Å². The number of rotatable bonds is 8. The maximum Gasteiger partial charge on any atom is 0.475 e. The average Bonchev–Trinajstić information content (AvgIpc) is 2.75. The van der Waals surface area contributed by atoms with E-state index in [1.54, 1.807) is 11.0 Å². The number of nitriles is 1. The van der Waals surface area contributed by atoms with E-state index in [2.05, 4.69) is 10.6 Å². The summed E-state index contributed by atoms with van der Waals surface area (Å²) >= 11 is 0. The molecule has 1 aromatic carbocycles. The summed E-state index contributed by atoms with van der Waals surface area (Å²) in [5.41, 5.74) is 0.989. The number of benzene rings is 1. The summed E-state index contributed by atoms with van der Waals surface area (Å²) in [7, 11) is -1.71. The Morgan fingerprint density at radius 1 is 1.29 bits per heavy atom. The molecular formula is C22H31BN4O4. The lowest BCUT2D eigenvalue weighted by Gasteiger charge is -2.36. The smallest absolute Gasteiger partial charge is 0.426 e. The lowest BCUT2D eigenvalue weighted by atomic mass is 9.76. The fourth-order valence-corrected chi connectivity index (χ4v) is 3.65. The van der Waals surface area contributed by atoms with Gasteiger partial charge in [0.15, 0.2) is 0 Å². The van der Waals surface area contributed by atoms with Crippen LogP contribution in [0.15, 0.2) is 42.0 Å². The third-order valence-corrected chi connectivity index (χ3v) is 5.21. The molecule has 0 saturated carbocycles. The number of hydrogen-bond donors (Lipinski definition) is 4. The molecule has 31 heavy (non-hydrogen) atoms. The van der Waals surface area contributed by atoms with Crippen LogP contribution in [-0.2, 0) is 11.2 Å². The second-order valence-electron chi connectivity index (χ2n) is 8.15. The quantitative estimate of drug-likeness (QED) is 0.284. The van der Waals surface area contributed by atoms with E-state index in [0.29, 0.717) is 6.54 Å². The van der Waals surface area contributed by atoms with Gasteiger partial charge >= 0.3 is 13.1 Å². The predicted molar refractivity (Wildman–Crippen MR) is 119 cm³/mol. The molecule has 0 radical (unpaired) electrons. The van der Waals surface area contributed by atoms with E-state index in [1.807, 2.05) is 50.2 Å². The Morgan fingerprint density at radius 2 is 2.00 bits per heavy atom. The third-order valence-electron chi connectivity index (χ3n) is 5.21. The number of hydrogen-bond acceptors (Lipinski definition) is 5. The topological polar surface area (TPSA) is 126 Å². The van der Waals surface area contributed by atoms with E-state index in [1.165, 1.54) is 0 Å². The van der Waals surface area contributed by atoms with Crippen molar-refractivity contribution in [2.45, 2.75) is 51.5 Å². The normalized spacial score (nSPS) is 17.6. The lowest BCUT2D eigenvalue weighted by molar-refractivity contribution is -0.130. The van der Waals surface area contributed by atoms with Gasteiger partial charge in [-0.1, -0.05) is 50.3 Å². The zero-order chi connectivity index (χ0) is 22.8. The summed E-state index contributed by atoms with van der Waals surface area (Å²) in [5.74, 6) is -1.10. The molecule has 2 rings (SSSR count). The average molecular weight is 426 g/mol. The number of amides is 3. The van der Waals surface area contributed by atoms with Crippen LogP contribution in [0.4, 0.5) is 4.79 Å². The molecule has 1 aliphatic rings. The second-order valence-corrected chi connectivity index (χ2v) is 8.15. The molecule has 1 unspecified atom stereocenters. The molecule has 3 amide bonds. The number of nitrogens with one attached hydrogen (secondary N) is 2. The Labute approximate surface area is 184 Å². The number of likely N-dealkylation sites (tertiary alicyclic amines) is 1. The summed E-state index contributed by atoms with van der Waals surface area (Å²) in [6, 6.07) is 10.5. The highest BCUT2D eigenvalue weighted by Crippen LogP contribution is 2.19. The monoisotopic (exact) mass is 426 g/mol. The van der Waals surface area contributed by atoms with Crippen molar-refractivity contribution in [1.29, 1.82) is 5.26 Å². The van der Waals surface area contributed by atoms with Crippen LogP contribution >= 0.6 is 0 Å². The predicted octanol–water partition coefficient (Wildman–Crippen LogP) is 1.40. The summed E-state index contributed by atoms with van der Waals surface area (Å²) < 4.78 is 0. The van der Waals surface area contributed by atoms with Crippen molar-refractivity contribution in [2.24, 2.45) is 5.92 Å². The van der Waals surface area contributed by atoms with E-state index in [9.17, 15) is 24.9 Å². The van der Waals surface area contributed by atoms with Crippen LogP contribution in [-0.4, -0.2) is 59.1 Å². The maximum absolute atomic E-state index is 12.8. The molecule has 1 saturated heterocycles. The van der Waals surface area contributed by atoms with Gasteiger partial charge < -0.3 is 25.6 Å². The van der Waals surface area contributed by atoms with Gasteiger partial charge in [0, 0.05) is 19.1 Å². The Bertz CT molecular complexity index is 807. The lowest BCUT2D eigenvalue weighted by Crippen LogP contribution is -2.54. The molecule has 0 aromatic heterocycles. The van der Waals surface area contributed by atoms with E-state index in [0.717, 1.165) is 24.8 Å². The summed E-state index contributed by atoms with van der Waals surface area (Å²) in [6.45, 7) is 4.57. The molecule has 1 fully saturated rings. The Morgan fingerprint density at radius 3 is 2.61 bits per heavy atom. The highest BCUT2D eigenvalue weighted by atomic mass is 16.4. The van der Waals surface area contributed by atoms with Crippen LogP contribution in [0, 0.1) is 17.2 Å². The molecule has 0 spiro atoms. The molecule has 4 N–H and O–H groups in total. The van der Waals surface area contributed by atoms with Crippen LogP contribution in [0.2, 0.25) is 0 Å². The first kappa shape index (κ1) is 24.4. The number of carbonyl (C=O) groups excluding carboxylic acids is 2. The van der Waals surface area contributed by atoms with E-state index in [-0.39, 0.29) is 36.4 Å². The number of urea groups is 1. The van der Waals surface area contributed by atoms with Crippen LogP contribution in [0.25, 0.3) is 0 Å². The maximum atomic E-state index is 12.8. The van der Waals surface area contributed by atoms with Gasteiger partial charge in [-0.3, -0.25) is 4.79 Å². The molecule has 1 aromatic rings. The molecule has 1 aliphatic heterocycles. The highest BCUT2D eigenvalue weighted by molar-refractivity contribution is 6.43. The highest BCUT2D eigenvalue weighted by Gasteiger charge is 2.30. The van der Waals surface area contributed by atoms with Gasteiger partial charge in [-0.2, -0.15) is 5.26 Å². The first-order valence-corrected chi connectivity index (χ1v) is 10.7. The van der Waals surface area contributed by atoms with E-state index < -0.39 is 19.1 Å². The fraction of sp³-hybridized carbons (Fsp3) is 0.500. The molecule has 8 nitrogen and oxygen atoms in total. The fourth-order valence-electron chi connectivity index (χ4n) is 3.65. The summed E-state index contributed by atoms with van der Waals surface area (Å²) in [4.78, 5) is 26.9. The van der Waals surface area contributed by atoms with Gasteiger partial charge in [0.2, 0.25) is 0 Å². The molecule has 166 valence electrons. The van der Waals surface area contributed by atoms with Gasteiger partial charge in [0.25, 0.3) is 5.91 Å². The third kappa shape index (κ3) is 7.74. The Kier molecular flexibility index (Phi) is 9.57. The summed E-state index contributed by atoms with van der Waals surface area (Å²) in [6.07, 6.45) is 4.43. The van der Waals surface area contributed by atoms with Gasteiger partial charge in [0.05, 0.1) is 5.94 Å². The molecule has 0 aliphatic carbocycles. The Balaban J connectivity index is 1.96. The van der Waals surface area contributed by atoms with Crippen molar-refractivity contribution in [3.63, 3.8) is 0 Å². The molecule has 9 heteroatoms. The minimum atomic E-state index is -1.71. The van der Waals surface area contributed by atoms with Gasteiger partial charge in [-0.15, -0.1) is 0 Å². The Hall–Kier alpha value is -2.83. The molecular weight excluding hydrogens is 395 g/mol. The van der Waals surface area contributed by atoms with Crippen molar-refractivity contribution in [2.75, 3.05) is 13.1 Å². The van der Waals surface area contributed by atoms with Gasteiger partial charge in [0.1, 0.15) is 11.6 Å². The molecule has 1 heterocycles. The van der Waals surface area contributed by atoms with Crippen molar-refractivity contribution < 1.29 is 19.6 Å². The van der Waals surface area contributed by atoms with Crippen LogP contribution in [0.5, 0.6) is 0 Å². The SMILES string of the molecule is CC(C)C=C(C#N)C(=O)N1CCCC[C@H]1CNC(=O)NC(Cc1ccccc1)B(O)O. The van der Waals surface area contributed by atoms with Crippen LogP contribution < -0.4 is 10.6 Å². The molecule has 2 atom stereocenters. The first-order valence-electron chi connectivity index (χ1n) is 10.7. The number of allylic oxidation sites excluding steroid dienone is 1. The van der Waals surface area contributed by atoms with Crippen molar-refractivity contribution in [3.8, 4) is 6.07 Å². The minimum Gasteiger partial charge on any atom is -0.426 e. The van der Waals surface area contributed by atoms with Crippen molar-refractivity contribution in [3.05, 3.63) is 47.5 Å². The standard InChI is InChI=1S/C22H31BN4O4/c1-16(2)12-18(14-24)21(28)27-11-7-6-10-19(27)15-25-22(29)26-20(23(30)31)13-17-8-4-3-5-9-17/h3-5,8-9,12,16,19-20,30-31H,6-7,10-11,13,15H2,1-2H3,(H2,25,26,29)/t19-,20?/m0/s1. The molecule has 0 bridgehead atoms. The summed E-state index contributed by atoms with van der Waals surface area (Å²) in [5, 5.41) is 34.0. The zero-order valence-corrected chi connectivity index (χ0v) is 18.1.